The summed E-state index contributed by atoms with van der Waals surface area (Å²) in [6.07, 6.45) is 1.67. The largest absolute Gasteiger partial charge is 0.408 e. The third-order valence-corrected chi connectivity index (χ3v) is 4.65. The molecule has 0 amide bonds. The van der Waals surface area contributed by atoms with Gasteiger partial charge in [-0.1, -0.05) is 13.8 Å². The Labute approximate surface area is 106 Å². The third-order valence-electron chi connectivity index (χ3n) is 2.17. The van der Waals surface area contributed by atoms with E-state index >= 15 is 0 Å². The molecule has 4 nitrogen and oxygen atoms in total. The average Bonchev–Trinajstić information content (AvgIpc) is 2.21. The van der Waals surface area contributed by atoms with Crippen molar-refractivity contribution >= 4 is 7.75 Å². The molecule has 0 N–H and O–H groups in total. The summed E-state index contributed by atoms with van der Waals surface area (Å²) in [6.45, 7) is 13.1. The second-order valence-electron chi connectivity index (χ2n) is 4.71. The molecule has 17 heavy (non-hydrogen) atoms. The van der Waals surface area contributed by atoms with Crippen molar-refractivity contribution in [2.45, 2.75) is 66.5 Å². The van der Waals surface area contributed by atoms with E-state index in [-0.39, 0.29) is 12.1 Å². The summed E-state index contributed by atoms with van der Waals surface area (Å²) >= 11 is 0. The van der Waals surface area contributed by atoms with Gasteiger partial charge in [-0.3, -0.25) is 9.05 Å². The van der Waals surface area contributed by atoms with Gasteiger partial charge < -0.3 is 0 Å². The van der Waals surface area contributed by atoms with E-state index in [1.807, 2.05) is 39.3 Å². The fourth-order valence-corrected chi connectivity index (χ4v) is 3.82. The molecule has 0 saturated heterocycles. The summed E-state index contributed by atoms with van der Waals surface area (Å²) in [7, 11) is -3.14. The van der Waals surface area contributed by atoms with E-state index in [4.69, 9.17) is 9.05 Å². The van der Waals surface area contributed by atoms with Crippen LogP contribution in [0.1, 0.15) is 54.4 Å². The zero-order valence-corrected chi connectivity index (χ0v) is 13.0. The summed E-state index contributed by atoms with van der Waals surface area (Å²) in [6, 6.07) is 0.149. The van der Waals surface area contributed by atoms with Crippen LogP contribution >= 0.6 is 7.75 Å². The van der Waals surface area contributed by atoms with Gasteiger partial charge in [0.2, 0.25) is 0 Å². The molecule has 0 aliphatic rings. The van der Waals surface area contributed by atoms with Crippen LogP contribution in [-0.2, 0) is 13.6 Å². The van der Waals surface area contributed by atoms with Gasteiger partial charge in [-0.15, -0.1) is 0 Å². The second kappa shape index (κ2) is 8.25. The van der Waals surface area contributed by atoms with E-state index in [9.17, 15) is 4.57 Å². The first kappa shape index (κ1) is 17.1. The smallest absolute Gasteiger partial charge is 0.297 e. The van der Waals surface area contributed by atoms with E-state index < -0.39 is 7.75 Å². The van der Waals surface area contributed by atoms with Crippen LogP contribution in [0, 0.1) is 0 Å². The Bertz CT molecular complexity index is 244. The minimum atomic E-state index is -3.14. The first-order chi connectivity index (χ1) is 7.87. The molecule has 1 atom stereocenters. The van der Waals surface area contributed by atoms with Crippen LogP contribution < -0.4 is 0 Å². The molecule has 0 rings (SSSR count). The fourth-order valence-electron chi connectivity index (χ4n) is 1.53. The molecular weight excluding hydrogens is 237 g/mol. The van der Waals surface area contributed by atoms with Crippen molar-refractivity contribution in [2.75, 3.05) is 13.2 Å². The van der Waals surface area contributed by atoms with Crippen molar-refractivity contribution in [3.8, 4) is 0 Å². The normalized spacial score (nSPS) is 15.8. The maximum atomic E-state index is 12.8. The first-order valence-corrected chi connectivity index (χ1v) is 8.07. The lowest BCUT2D eigenvalue weighted by Gasteiger charge is -2.33. The Morgan fingerprint density at radius 1 is 1.12 bits per heavy atom. The van der Waals surface area contributed by atoms with Crippen molar-refractivity contribution < 1.29 is 13.6 Å². The zero-order valence-electron chi connectivity index (χ0n) is 12.1. The van der Waals surface area contributed by atoms with Crippen LogP contribution in [-0.4, -0.2) is 30.0 Å². The molecule has 0 aliphatic carbocycles. The molecule has 0 fully saturated rings. The minimum absolute atomic E-state index is 0.101. The summed E-state index contributed by atoms with van der Waals surface area (Å²) in [5.41, 5.74) is 0. The summed E-state index contributed by atoms with van der Waals surface area (Å²) < 4.78 is 25.7. The van der Waals surface area contributed by atoms with Gasteiger partial charge in [0.25, 0.3) is 0 Å². The molecule has 5 heteroatoms. The van der Waals surface area contributed by atoms with Crippen LogP contribution in [0.4, 0.5) is 0 Å². The molecule has 0 radical (unpaired) electrons. The summed E-state index contributed by atoms with van der Waals surface area (Å²) in [5, 5.41) is 0. The van der Waals surface area contributed by atoms with Crippen molar-refractivity contribution in [2.24, 2.45) is 0 Å². The van der Waals surface area contributed by atoms with Crippen molar-refractivity contribution in [3.63, 3.8) is 0 Å². The van der Waals surface area contributed by atoms with Gasteiger partial charge in [0.15, 0.2) is 0 Å². The van der Waals surface area contributed by atoms with Gasteiger partial charge in [-0.2, -0.15) is 0 Å². The summed E-state index contributed by atoms with van der Waals surface area (Å²) in [5.74, 6) is 0. The molecule has 0 aliphatic heterocycles. The maximum absolute atomic E-state index is 12.8. The minimum Gasteiger partial charge on any atom is -0.297 e. The van der Waals surface area contributed by atoms with Crippen LogP contribution in [0.25, 0.3) is 0 Å². The average molecular weight is 265 g/mol. The highest BCUT2D eigenvalue weighted by Gasteiger charge is 2.35. The Morgan fingerprint density at radius 3 is 2.06 bits per heavy atom. The number of hydrogen-bond donors (Lipinski definition) is 0. The summed E-state index contributed by atoms with van der Waals surface area (Å²) in [4.78, 5) is 0. The molecule has 0 spiro atoms. The molecule has 0 heterocycles. The van der Waals surface area contributed by atoms with Crippen molar-refractivity contribution in [1.29, 1.82) is 0 Å². The number of hydrogen-bond acceptors (Lipinski definition) is 3. The number of rotatable bonds is 9. The highest BCUT2D eigenvalue weighted by molar-refractivity contribution is 7.51. The Kier molecular flexibility index (Phi) is 8.31. The molecule has 0 aromatic rings. The standard InChI is InChI=1S/C12H28NO3P/c1-7-9-13(11(3)4)17(14,15-10-8-2)16-12(5)6/h11-12H,7-10H2,1-6H3. The van der Waals surface area contributed by atoms with Gasteiger partial charge >= 0.3 is 7.75 Å². The van der Waals surface area contributed by atoms with Gasteiger partial charge in [0, 0.05) is 12.6 Å². The Morgan fingerprint density at radius 2 is 1.71 bits per heavy atom. The molecule has 1 unspecified atom stereocenters. The van der Waals surface area contributed by atoms with Crippen molar-refractivity contribution in [3.05, 3.63) is 0 Å². The van der Waals surface area contributed by atoms with Gasteiger partial charge in [-0.05, 0) is 40.5 Å². The van der Waals surface area contributed by atoms with Crippen LogP contribution in [0.2, 0.25) is 0 Å². The lowest BCUT2D eigenvalue weighted by molar-refractivity contribution is 0.119. The lowest BCUT2D eigenvalue weighted by atomic mass is 10.4. The highest BCUT2D eigenvalue weighted by Crippen LogP contribution is 2.54. The molecule has 104 valence electrons. The van der Waals surface area contributed by atoms with Gasteiger partial charge in [0.1, 0.15) is 0 Å². The Balaban J connectivity index is 4.89. The molecule has 0 aromatic carbocycles. The molecular formula is C12H28NO3P. The lowest BCUT2D eigenvalue weighted by Crippen LogP contribution is -2.31. The van der Waals surface area contributed by atoms with E-state index in [2.05, 4.69) is 6.92 Å². The van der Waals surface area contributed by atoms with Gasteiger partial charge in [0.05, 0.1) is 12.7 Å². The first-order valence-electron chi connectivity index (χ1n) is 6.57. The molecule has 0 aromatic heterocycles. The van der Waals surface area contributed by atoms with Crippen molar-refractivity contribution in [1.82, 2.24) is 4.67 Å². The van der Waals surface area contributed by atoms with E-state index in [1.165, 1.54) is 0 Å². The van der Waals surface area contributed by atoms with Crippen LogP contribution in [0.15, 0.2) is 0 Å². The van der Waals surface area contributed by atoms with Gasteiger partial charge in [-0.25, -0.2) is 9.24 Å². The van der Waals surface area contributed by atoms with Crippen LogP contribution in [0.5, 0.6) is 0 Å². The van der Waals surface area contributed by atoms with Crippen LogP contribution in [0.3, 0.4) is 0 Å². The zero-order chi connectivity index (χ0) is 13.5. The topological polar surface area (TPSA) is 38.8 Å². The SMILES string of the molecule is CCCOP(=O)(OC(C)C)N(CCC)C(C)C. The Hall–Kier alpha value is 0.110. The quantitative estimate of drug-likeness (QED) is 0.589. The highest BCUT2D eigenvalue weighted by atomic mass is 31.2. The van der Waals surface area contributed by atoms with E-state index in [1.54, 1.807) is 0 Å². The van der Waals surface area contributed by atoms with E-state index in [0.29, 0.717) is 6.61 Å². The monoisotopic (exact) mass is 265 g/mol. The number of nitrogens with zero attached hydrogens (tertiary/aromatic N) is 1. The third kappa shape index (κ3) is 6.01. The molecule has 0 bridgehead atoms. The predicted octanol–water partition coefficient (Wildman–Crippen LogP) is 4.07. The second-order valence-corrected chi connectivity index (χ2v) is 6.63. The predicted molar refractivity (Wildman–Crippen MR) is 72.2 cm³/mol. The maximum Gasteiger partial charge on any atom is 0.408 e. The fraction of sp³-hybridized carbons (Fsp3) is 1.00. The molecule has 0 saturated carbocycles. The van der Waals surface area contributed by atoms with E-state index in [0.717, 1.165) is 19.4 Å².